The minimum absolute atomic E-state index is 0. The molecule has 0 aliphatic carbocycles. The number of carbonyl (C=O) groups is 1. The first-order chi connectivity index (χ1) is 7.02. The molecule has 0 aliphatic heterocycles. The molecule has 0 spiro atoms. The number of ether oxygens (including phenoxy) is 1. The Morgan fingerprint density at radius 1 is 1.56 bits per heavy atom. The molecule has 6 heteroatoms. The second-order valence-corrected chi connectivity index (χ2v) is 3.53. The molecule has 0 fully saturated rings. The van der Waals surface area contributed by atoms with Gasteiger partial charge in [0.1, 0.15) is 5.82 Å². The van der Waals surface area contributed by atoms with E-state index in [9.17, 15) is 9.18 Å². The number of benzene rings is 1. The van der Waals surface area contributed by atoms with Crippen LogP contribution in [0.1, 0.15) is 18.0 Å². The largest absolute Gasteiger partial charge is 0.469 e. The van der Waals surface area contributed by atoms with Gasteiger partial charge in [-0.15, -0.1) is 12.4 Å². The molecule has 0 amide bonds. The first kappa shape index (κ1) is 15.2. The number of esters is 1. The van der Waals surface area contributed by atoms with E-state index in [-0.39, 0.29) is 23.9 Å². The van der Waals surface area contributed by atoms with Gasteiger partial charge in [0, 0.05) is 11.1 Å². The summed E-state index contributed by atoms with van der Waals surface area (Å²) >= 11 is 5.65. The van der Waals surface area contributed by atoms with Crippen molar-refractivity contribution in [3.8, 4) is 0 Å². The van der Waals surface area contributed by atoms with E-state index in [4.69, 9.17) is 17.3 Å². The average Bonchev–Trinajstić information content (AvgIpc) is 2.16. The normalized spacial score (nSPS) is 11.5. The van der Waals surface area contributed by atoms with Crippen LogP contribution in [0.3, 0.4) is 0 Å². The highest BCUT2D eigenvalue weighted by molar-refractivity contribution is 6.30. The van der Waals surface area contributed by atoms with E-state index in [0.717, 1.165) is 0 Å². The number of carbonyl (C=O) groups excluding carboxylic acids is 1. The number of hydrogen-bond donors (Lipinski definition) is 1. The Kier molecular flexibility index (Phi) is 6.33. The third-order valence-electron chi connectivity index (χ3n) is 1.93. The molecular formula is C10H12Cl2FNO2. The fourth-order valence-corrected chi connectivity index (χ4v) is 1.40. The molecule has 0 bridgehead atoms. The maximum absolute atomic E-state index is 13.0. The standard InChI is InChI=1S/C10H11ClFNO2.ClH/c1-15-10(14)5-9(13)6-2-7(11)4-8(12)3-6;/h2-4,9H,5,13H2,1H3;1H/t9-;/m1./s1. The summed E-state index contributed by atoms with van der Waals surface area (Å²) in [5.74, 6) is -0.916. The zero-order chi connectivity index (χ0) is 11.4. The van der Waals surface area contributed by atoms with Crippen molar-refractivity contribution in [1.29, 1.82) is 0 Å². The molecule has 2 N–H and O–H groups in total. The van der Waals surface area contributed by atoms with Gasteiger partial charge >= 0.3 is 5.97 Å². The van der Waals surface area contributed by atoms with Gasteiger partial charge in [-0.2, -0.15) is 0 Å². The molecule has 0 unspecified atom stereocenters. The lowest BCUT2D eigenvalue weighted by Crippen LogP contribution is -2.16. The topological polar surface area (TPSA) is 52.3 Å². The van der Waals surface area contributed by atoms with E-state index >= 15 is 0 Å². The van der Waals surface area contributed by atoms with Crippen molar-refractivity contribution in [3.63, 3.8) is 0 Å². The van der Waals surface area contributed by atoms with Crippen LogP contribution in [0.2, 0.25) is 5.02 Å². The summed E-state index contributed by atoms with van der Waals surface area (Å²) in [6, 6.07) is 3.35. The Hall–Kier alpha value is -0.840. The maximum atomic E-state index is 13.0. The van der Waals surface area contributed by atoms with Crippen LogP contribution in [0.5, 0.6) is 0 Å². The molecule has 0 aliphatic rings. The molecular weight excluding hydrogens is 256 g/mol. The monoisotopic (exact) mass is 267 g/mol. The maximum Gasteiger partial charge on any atom is 0.307 e. The number of nitrogens with two attached hydrogens (primary N) is 1. The van der Waals surface area contributed by atoms with Crippen LogP contribution in [-0.4, -0.2) is 13.1 Å². The molecule has 1 aromatic carbocycles. The first-order valence-electron chi connectivity index (χ1n) is 4.31. The third-order valence-corrected chi connectivity index (χ3v) is 2.15. The van der Waals surface area contributed by atoms with Crippen LogP contribution in [-0.2, 0) is 9.53 Å². The molecule has 90 valence electrons. The van der Waals surface area contributed by atoms with Gasteiger partial charge in [0.25, 0.3) is 0 Å². The Labute approximate surface area is 104 Å². The van der Waals surface area contributed by atoms with Gasteiger partial charge in [-0.3, -0.25) is 4.79 Å². The highest BCUT2D eigenvalue weighted by Crippen LogP contribution is 2.20. The molecule has 0 heterocycles. The molecule has 0 saturated heterocycles. The van der Waals surface area contributed by atoms with E-state index in [2.05, 4.69) is 4.74 Å². The van der Waals surface area contributed by atoms with E-state index in [0.29, 0.717) is 5.56 Å². The molecule has 0 aromatic heterocycles. The van der Waals surface area contributed by atoms with E-state index in [1.165, 1.54) is 25.3 Å². The summed E-state index contributed by atoms with van der Waals surface area (Å²) in [6.07, 6.45) is -0.00369. The second kappa shape index (κ2) is 6.68. The minimum atomic E-state index is -0.606. The van der Waals surface area contributed by atoms with Gasteiger partial charge in [0.15, 0.2) is 0 Å². The van der Waals surface area contributed by atoms with Crippen molar-refractivity contribution in [3.05, 3.63) is 34.6 Å². The lowest BCUT2D eigenvalue weighted by molar-refractivity contribution is -0.141. The smallest absolute Gasteiger partial charge is 0.307 e. The van der Waals surface area contributed by atoms with Gasteiger partial charge in [0.05, 0.1) is 13.5 Å². The van der Waals surface area contributed by atoms with E-state index in [1.54, 1.807) is 0 Å². The van der Waals surface area contributed by atoms with Crippen molar-refractivity contribution in [2.75, 3.05) is 7.11 Å². The van der Waals surface area contributed by atoms with Crippen LogP contribution in [0.15, 0.2) is 18.2 Å². The zero-order valence-corrected chi connectivity index (χ0v) is 10.1. The second-order valence-electron chi connectivity index (χ2n) is 3.09. The van der Waals surface area contributed by atoms with Crippen LogP contribution in [0, 0.1) is 5.82 Å². The first-order valence-corrected chi connectivity index (χ1v) is 4.69. The third kappa shape index (κ3) is 4.35. The SMILES string of the molecule is COC(=O)C[C@@H](N)c1cc(F)cc(Cl)c1.Cl. The predicted octanol–water partition coefficient (Wildman–Crippen LogP) is 2.46. The molecule has 0 saturated carbocycles. The molecule has 3 nitrogen and oxygen atoms in total. The van der Waals surface area contributed by atoms with Gasteiger partial charge in [0.2, 0.25) is 0 Å². The lowest BCUT2D eigenvalue weighted by atomic mass is 10.0. The summed E-state index contributed by atoms with van der Waals surface area (Å²) in [4.78, 5) is 10.9. The predicted molar refractivity (Wildman–Crippen MR) is 62.2 cm³/mol. The molecule has 1 aromatic rings. The Balaban J connectivity index is 0.00000225. The van der Waals surface area contributed by atoms with Gasteiger partial charge in [-0.1, -0.05) is 11.6 Å². The molecule has 1 atom stereocenters. The summed E-state index contributed by atoms with van der Waals surface area (Å²) < 4.78 is 17.4. The fourth-order valence-electron chi connectivity index (χ4n) is 1.17. The van der Waals surface area contributed by atoms with Crippen molar-refractivity contribution in [2.24, 2.45) is 5.73 Å². The van der Waals surface area contributed by atoms with Gasteiger partial charge < -0.3 is 10.5 Å². The van der Waals surface area contributed by atoms with Crippen LogP contribution < -0.4 is 5.73 Å². The van der Waals surface area contributed by atoms with E-state index in [1.807, 2.05) is 0 Å². The zero-order valence-electron chi connectivity index (χ0n) is 8.57. The average molecular weight is 268 g/mol. The minimum Gasteiger partial charge on any atom is -0.469 e. The summed E-state index contributed by atoms with van der Waals surface area (Å²) in [6.45, 7) is 0. The number of halogens is 3. The Morgan fingerprint density at radius 2 is 2.19 bits per heavy atom. The number of rotatable bonds is 3. The van der Waals surface area contributed by atoms with Crippen molar-refractivity contribution >= 4 is 30.0 Å². The summed E-state index contributed by atoms with van der Waals surface area (Å²) in [7, 11) is 1.27. The van der Waals surface area contributed by atoms with Crippen LogP contribution in [0.25, 0.3) is 0 Å². The van der Waals surface area contributed by atoms with E-state index < -0.39 is 17.8 Å². The van der Waals surface area contributed by atoms with Crippen LogP contribution in [0.4, 0.5) is 4.39 Å². The van der Waals surface area contributed by atoms with Crippen molar-refractivity contribution < 1.29 is 13.9 Å². The summed E-state index contributed by atoms with van der Waals surface area (Å²) in [5, 5.41) is 0.255. The lowest BCUT2D eigenvalue weighted by Gasteiger charge is -2.10. The molecule has 1 rings (SSSR count). The van der Waals surface area contributed by atoms with Crippen molar-refractivity contribution in [1.82, 2.24) is 0 Å². The van der Waals surface area contributed by atoms with Crippen LogP contribution >= 0.6 is 24.0 Å². The quantitative estimate of drug-likeness (QED) is 0.857. The molecule has 0 radical (unpaired) electrons. The number of methoxy groups -OCH3 is 1. The fraction of sp³-hybridized carbons (Fsp3) is 0.300. The Morgan fingerprint density at radius 3 is 2.69 bits per heavy atom. The van der Waals surface area contributed by atoms with Gasteiger partial charge in [-0.05, 0) is 23.8 Å². The van der Waals surface area contributed by atoms with Crippen molar-refractivity contribution in [2.45, 2.75) is 12.5 Å². The highest BCUT2D eigenvalue weighted by Gasteiger charge is 2.13. The Bertz CT molecular complexity index is 354. The highest BCUT2D eigenvalue weighted by atomic mass is 35.5. The molecule has 16 heavy (non-hydrogen) atoms. The van der Waals surface area contributed by atoms with Gasteiger partial charge in [-0.25, -0.2) is 4.39 Å². The summed E-state index contributed by atoms with van der Waals surface area (Å²) in [5.41, 5.74) is 6.16. The number of hydrogen-bond acceptors (Lipinski definition) is 3.